The lowest BCUT2D eigenvalue weighted by Gasteiger charge is -2.07. The third-order valence-electron chi connectivity index (χ3n) is 4.29. The van der Waals surface area contributed by atoms with Gasteiger partial charge in [-0.3, -0.25) is 4.79 Å². The molecule has 3 aromatic rings. The fourth-order valence-electron chi connectivity index (χ4n) is 2.70. The van der Waals surface area contributed by atoms with Crippen molar-refractivity contribution in [2.75, 3.05) is 12.4 Å². The van der Waals surface area contributed by atoms with Crippen LogP contribution in [0.3, 0.4) is 0 Å². The van der Waals surface area contributed by atoms with E-state index in [1.807, 2.05) is 36.4 Å². The van der Waals surface area contributed by atoms with Crippen molar-refractivity contribution in [1.82, 2.24) is 4.98 Å². The minimum atomic E-state index is -0.506. The number of rotatable bonds is 5. The van der Waals surface area contributed by atoms with Gasteiger partial charge in [-0.2, -0.15) is 5.26 Å². The predicted octanol–water partition coefficient (Wildman–Crippen LogP) is 5.00. The van der Waals surface area contributed by atoms with Gasteiger partial charge in [0.05, 0.1) is 12.6 Å². The second-order valence-corrected chi connectivity index (χ2v) is 6.46. The number of benzene rings is 2. The Hall–Kier alpha value is -3.36. The topological polar surface area (TPSA) is 75.0 Å². The molecule has 1 aromatic heterocycles. The van der Waals surface area contributed by atoms with Gasteiger partial charge in [0, 0.05) is 16.6 Å². The van der Waals surface area contributed by atoms with Crippen molar-refractivity contribution in [3.8, 4) is 11.8 Å². The van der Waals surface area contributed by atoms with Gasteiger partial charge in [0.15, 0.2) is 0 Å². The summed E-state index contributed by atoms with van der Waals surface area (Å²) < 4.78 is 5.22. The van der Waals surface area contributed by atoms with Gasteiger partial charge >= 0.3 is 0 Å². The molecule has 0 radical (unpaired) electrons. The first kappa shape index (κ1) is 19.4. The van der Waals surface area contributed by atoms with Gasteiger partial charge in [-0.15, -0.1) is 0 Å². The normalized spacial score (nSPS) is 11.1. The summed E-state index contributed by atoms with van der Waals surface area (Å²) >= 11 is 6.25. The minimum Gasteiger partial charge on any atom is -0.497 e. The summed E-state index contributed by atoms with van der Waals surface area (Å²) in [6, 6.07) is 16.6. The number of carbonyl (C=O) groups excluding carboxylic acids is 1. The Morgan fingerprint density at radius 2 is 2.00 bits per heavy atom. The van der Waals surface area contributed by atoms with Crippen molar-refractivity contribution < 1.29 is 9.53 Å². The molecule has 0 aliphatic heterocycles. The van der Waals surface area contributed by atoms with Crippen LogP contribution >= 0.6 is 11.6 Å². The standard InChI is InChI=1S/C22H18ClN3O2/c1-3-14-4-6-18(7-5-14)25-22(27)17(13-24)11-16-10-15-12-19(28-2)8-9-20(15)26-21(16)23/h4-12H,3H2,1-2H3,(H,25,27)/b17-11+. The van der Waals surface area contributed by atoms with Crippen LogP contribution in [0.2, 0.25) is 5.15 Å². The Kier molecular flexibility index (Phi) is 5.93. The molecule has 1 amide bonds. The summed E-state index contributed by atoms with van der Waals surface area (Å²) in [5.74, 6) is 0.175. The predicted molar refractivity (Wildman–Crippen MR) is 111 cm³/mol. The van der Waals surface area contributed by atoms with Gasteiger partial charge < -0.3 is 10.1 Å². The van der Waals surface area contributed by atoms with E-state index in [0.717, 1.165) is 11.8 Å². The summed E-state index contributed by atoms with van der Waals surface area (Å²) in [5.41, 5.74) is 2.90. The largest absolute Gasteiger partial charge is 0.497 e. The molecule has 1 heterocycles. The van der Waals surface area contributed by atoms with Crippen LogP contribution in [0.5, 0.6) is 5.75 Å². The second-order valence-electron chi connectivity index (χ2n) is 6.10. The van der Waals surface area contributed by atoms with E-state index >= 15 is 0 Å². The van der Waals surface area contributed by atoms with E-state index < -0.39 is 5.91 Å². The molecule has 2 aromatic carbocycles. The Morgan fingerprint density at radius 3 is 2.64 bits per heavy atom. The Morgan fingerprint density at radius 1 is 1.25 bits per heavy atom. The number of hydrogen-bond acceptors (Lipinski definition) is 4. The molecule has 140 valence electrons. The van der Waals surface area contributed by atoms with Crippen LogP contribution in [0.25, 0.3) is 17.0 Å². The SMILES string of the molecule is CCc1ccc(NC(=O)/C(C#N)=C/c2cc3cc(OC)ccc3nc2Cl)cc1. The number of aromatic nitrogens is 1. The van der Waals surface area contributed by atoms with Gasteiger partial charge in [0.25, 0.3) is 5.91 Å². The Balaban J connectivity index is 1.91. The fourth-order valence-corrected chi connectivity index (χ4v) is 2.90. The lowest BCUT2D eigenvalue weighted by molar-refractivity contribution is -0.112. The van der Waals surface area contributed by atoms with Crippen molar-refractivity contribution >= 4 is 40.2 Å². The van der Waals surface area contributed by atoms with Crippen LogP contribution < -0.4 is 10.1 Å². The number of aryl methyl sites for hydroxylation is 1. The molecule has 0 fully saturated rings. The summed E-state index contributed by atoms with van der Waals surface area (Å²) in [6.45, 7) is 2.06. The van der Waals surface area contributed by atoms with Crippen LogP contribution in [0.4, 0.5) is 5.69 Å². The summed E-state index contributed by atoms with van der Waals surface area (Å²) in [6.07, 6.45) is 2.35. The molecule has 0 aliphatic rings. The summed E-state index contributed by atoms with van der Waals surface area (Å²) in [5, 5.41) is 13.2. The highest BCUT2D eigenvalue weighted by atomic mass is 35.5. The number of amides is 1. The lowest BCUT2D eigenvalue weighted by atomic mass is 10.1. The number of pyridine rings is 1. The van der Waals surface area contributed by atoms with E-state index in [4.69, 9.17) is 16.3 Å². The second kappa shape index (κ2) is 8.55. The summed E-state index contributed by atoms with van der Waals surface area (Å²) in [7, 11) is 1.58. The van der Waals surface area contributed by atoms with Gasteiger partial charge in [-0.1, -0.05) is 30.7 Å². The number of anilines is 1. The zero-order chi connectivity index (χ0) is 20.1. The number of ether oxygens (including phenoxy) is 1. The highest BCUT2D eigenvalue weighted by Gasteiger charge is 2.12. The molecule has 0 saturated heterocycles. The van der Waals surface area contributed by atoms with Gasteiger partial charge in [-0.25, -0.2) is 4.98 Å². The van der Waals surface area contributed by atoms with Crippen molar-refractivity contribution in [3.63, 3.8) is 0 Å². The molecular formula is C22H18ClN3O2. The molecule has 0 unspecified atom stereocenters. The van der Waals surface area contributed by atoms with Crippen LogP contribution in [-0.2, 0) is 11.2 Å². The number of fused-ring (bicyclic) bond motifs is 1. The van der Waals surface area contributed by atoms with Gasteiger partial charge in [0.2, 0.25) is 0 Å². The molecule has 1 N–H and O–H groups in total. The number of carbonyl (C=O) groups is 1. The maximum Gasteiger partial charge on any atom is 0.266 e. The molecule has 28 heavy (non-hydrogen) atoms. The maximum absolute atomic E-state index is 12.5. The Bertz CT molecular complexity index is 1100. The third-order valence-corrected chi connectivity index (χ3v) is 4.59. The van der Waals surface area contributed by atoms with E-state index in [9.17, 15) is 10.1 Å². The number of halogens is 1. The zero-order valence-electron chi connectivity index (χ0n) is 15.5. The molecule has 0 bridgehead atoms. The van der Waals surface area contributed by atoms with Crippen molar-refractivity contribution in [1.29, 1.82) is 5.26 Å². The number of hydrogen-bond donors (Lipinski definition) is 1. The van der Waals surface area contributed by atoms with Gasteiger partial charge in [0.1, 0.15) is 22.5 Å². The van der Waals surface area contributed by atoms with E-state index in [1.165, 1.54) is 11.6 Å². The monoisotopic (exact) mass is 391 g/mol. The maximum atomic E-state index is 12.5. The quantitative estimate of drug-likeness (QED) is 0.377. The van der Waals surface area contributed by atoms with Crippen LogP contribution in [0.15, 0.2) is 54.1 Å². The van der Waals surface area contributed by atoms with Crippen molar-refractivity contribution in [3.05, 3.63) is 70.4 Å². The first-order chi connectivity index (χ1) is 13.5. The summed E-state index contributed by atoms with van der Waals surface area (Å²) in [4.78, 5) is 16.8. The number of nitrogens with one attached hydrogen (secondary N) is 1. The number of nitriles is 1. The minimum absolute atomic E-state index is 0.0643. The molecule has 6 heteroatoms. The van der Waals surface area contributed by atoms with Crippen LogP contribution in [0, 0.1) is 11.3 Å². The lowest BCUT2D eigenvalue weighted by Crippen LogP contribution is -2.13. The van der Waals surface area contributed by atoms with E-state index in [2.05, 4.69) is 17.2 Å². The van der Waals surface area contributed by atoms with Crippen LogP contribution in [-0.4, -0.2) is 18.0 Å². The molecule has 0 spiro atoms. The first-order valence-corrected chi connectivity index (χ1v) is 9.08. The number of nitrogens with zero attached hydrogens (tertiary/aromatic N) is 2. The molecule has 0 atom stereocenters. The smallest absolute Gasteiger partial charge is 0.266 e. The number of methoxy groups -OCH3 is 1. The highest BCUT2D eigenvalue weighted by Crippen LogP contribution is 2.26. The van der Waals surface area contributed by atoms with Crippen LogP contribution in [0.1, 0.15) is 18.1 Å². The Labute approximate surface area is 168 Å². The van der Waals surface area contributed by atoms with Crippen molar-refractivity contribution in [2.24, 2.45) is 0 Å². The average molecular weight is 392 g/mol. The zero-order valence-corrected chi connectivity index (χ0v) is 16.2. The van der Waals surface area contributed by atoms with Gasteiger partial charge in [-0.05, 0) is 54.5 Å². The molecule has 0 aliphatic carbocycles. The average Bonchev–Trinajstić information content (AvgIpc) is 2.72. The molecule has 3 rings (SSSR count). The fraction of sp³-hybridized carbons (Fsp3) is 0.136. The van der Waals surface area contributed by atoms with E-state index in [-0.39, 0.29) is 10.7 Å². The van der Waals surface area contributed by atoms with E-state index in [1.54, 1.807) is 25.3 Å². The molecular weight excluding hydrogens is 374 g/mol. The molecule has 5 nitrogen and oxygen atoms in total. The highest BCUT2D eigenvalue weighted by molar-refractivity contribution is 6.31. The first-order valence-electron chi connectivity index (χ1n) is 8.70. The third kappa shape index (κ3) is 4.30. The molecule has 0 saturated carbocycles. The van der Waals surface area contributed by atoms with Crippen molar-refractivity contribution in [2.45, 2.75) is 13.3 Å². The van der Waals surface area contributed by atoms with E-state index in [0.29, 0.717) is 22.5 Å².